The number of nitrogens with zero attached hydrogens (tertiary/aromatic N) is 4. The van der Waals surface area contributed by atoms with E-state index < -0.39 is 17.2 Å². The van der Waals surface area contributed by atoms with Gasteiger partial charge in [0.15, 0.2) is 0 Å². The van der Waals surface area contributed by atoms with E-state index in [2.05, 4.69) is 9.97 Å². The predicted octanol–water partition coefficient (Wildman–Crippen LogP) is 6.85. The Bertz CT molecular complexity index is 1240. The molecule has 0 aliphatic carbocycles. The number of hydrogen-bond acceptors (Lipinski definition) is 8. The van der Waals surface area contributed by atoms with Crippen molar-refractivity contribution in [1.29, 1.82) is 0 Å². The normalized spacial score (nSPS) is 14.0. The molecule has 0 saturated heterocycles. The van der Waals surface area contributed by atoms with E-state index in [0.717, 1.165) is 28.7 Å². The molecule has 0 saturated carbocycles. The van der Waals surface area contributed by atoms with Crippen LogP contribution in [0.15, 0.2) is 24.5 Å². The molecule has 2 aliphatic heterocycles. The minimum atomic E-state index is -0.522. The van der Waals surface area contributed by atoms with Gasteiger partial charge < -0.3 is 24.0 Å². The van der Waals surface area contributed by atoms with Gasteiger partial charge in [-0.1, -0.05) is 26.5 Å². The maximum absolute atomic E-state index is 12.1. The lowest BCUT2D eigenvalue weighted by molar-refractivity contribution is 0.0213. The van der Waals surface area contributed by atoms with Crippen molar-refractivity contribution in [2.75, 3.05) is 19.7 Å². The van der Waals surface area contributed by atoms with E-state index in [1.807, 2.05) is 47.6 Å². The van der Waals surface area contributed by atoms with Crippen LogP contribution in [0.25, 0.3) is 0 Å². The largest absolute Gasteiger partial charge is 0.461 e. The zero-order valence-corrected chi connectivity index (χ0v) is 25.1. The van der Waals surface area contributed by atoms with Crippen molar-refractivity contribution in [3.05, 3.63) is 57.6 Å². The highest BCUT2D eigenvalue weighted by atomic mass is 35.5. The number of hydrogen-bond donors (Lipinski definition) is 0. The smallest absolute Gasteiger partial charge is 0.410 e. The average Bonchev–Trinajstić information content (AvgIpc) is 2.86. The summed E-state index contributed by atoms with van der Waals surface area (Å²) < 4.78 is 15.7. The number of aromatic nitrogens is 2. The van der Waals surface area contributed by atoms with E-state index in [1.54, 1.807) is 35.2 Å². The zero-order chi connectivity index (χ0) is 29.7. The van der Waals surface area contributed by atoms with Crippen LogP contribution >= 0.6 is 11.6 Å². The lowest BCUT2D eigenvalue weighted by Gasteiger charge is -2.31. The quantitative estimate of drug-likeness (QED) is 0.207. The molecule has 0 aromatic carbocycles. The maximum Gasteiger partial charge on any atom is 0.410 e. The molecule has 2 aromatic heterocycles. The first kappa shape index (κ1) is 36.6. The van der Waals surface area contributed by atoms with Crippen LogP contribution < -0.4 is 0 Å². The summed E-state index contributed by atoms with van der Waals surface area (Å²) in [5.74, 6) is -0.445. The highest BCUT2D eigenvalue weighted by Gasteiger charge is 2.27. The molecule has 0 atom stereocenters. The molecule has 0 radical (unpaired) electrons. The molecule has 234 valence electrons. The number of carbonyl (C=O) groups is 3. The molecular weight excluding hydrogens is 560 g/mol. The lowest BCUT2D eigenvalue weighted by Crippen LogP contribution is -2.40. The van der Waals surface area contributed by atoms with Gasteiger partial charge in [0.2, 0.25) is 0 Å². The molecule has 2 aliphatic rings. The maximum atomic E-state index is 12.1. The van der Waals surface area contributed by atoms with Crippen molar-refractivity contribution in [2.24, 2.45) is 0 Å². The number of pyridine rings is 2. The third kappa shape index (κ3) is 10.8. The number of halogens is 1. The Hall–Kier alpha value is -3.40. The van der Waals surface area contributed by atoms with Gasteiger partial charge in [-0.15, -0.1) is 0 Å². The van der Waals surface area contributed by atoms with Gasteiger partial charge in [0.05, 0.1) is 6.61 Å². The van der Waals surface area contributed by atoms with Crippen LogP contribution in [0.5, 0.6) is 0 Å². The number of fused-ring (bicyclic) bond motifs is 2. The van der Waals surface area contributed by atoms with E-state index in [4.69, 9.17) is 25.8 Å². The fourth-order valence-corrected chi connectivity index (χ4v) is 4.31. The second kappa shape index (κ2) is 15.2. The molecule has 0 unspecified atom stereocenters. The van der Waals surface area contributed by atoms with Gasteiger partial charge in [-0.3, -0.25) is 0 Å². The van der Waals surface area contributed by atoms with Gasteiger partial charge in [-0.25, -0.2) is 24.4 Å². The fourth-order valence-electron chi connectivity index (χ4n) is 4.13. The average molecular weight is 607 g/mol. The van der Waals surface area contributed by atoms with Crippen molar-refractivity contribution in [2.45, 2.75) is 100 Å². The van der Waals surface area contributed by atoms with Gasteiger partial charge >= 0.3 is 18.2 Å². The van der Waals surface area contributed by atoms with Crippen molar-refractivity contribution in [1.82, 2.24) is 19.8 Å². The summed E-state index contributed by atoms with van der Waals surface area (Å²) >= 11 is 5.86. The highest BCUT2D eigenvalue weighted by molar-refractivity contribution is 6.29. The molecular formula is C31H47ClN4O6. The Labute approximate surface area is 255 Å². The minimum absolute atomic E-state index is 0. The summed E-state index contributed by atoms with van der Waals surface area (Å²) in [5, 5.41) is 0.458. The molecule has 0 fully saturated rings. The Morgan fingerprint density at radius 1 is 0.786 bits per heavy atom. The van der Waals surface area contributed by atoms with Crippen molar-refractivity contribution < 1.29 is 28.6 Å². The van der Waals surface area contributed by atoms with E-state index in [9.17, 15) is 14.4 Å². The molecule has 11 heteroatoms. The first-order valence-electron chi connectivity index (χ1n) is 13.4. The molecule has 10 nitrogen and oxygen atoms in total. The summed E-state index contributed by atoms with van der Waals surface area (Å²) in [6.07, 6.45) is 4.34. The number of amides is 2. The van der Waals surface area contributed by atoms with E-state index in [0.29, 0.717) is 44.4 Å². The van der Waals surface area contributed by atoms with Crippen LogP contribution in [-0.2, 0) is 40.1 Å². The van der Waals surface area contributed by atoms with E-state index >= 15 is 0 Å². The number of carbonyl (C=O) groups excluding carboxylic acids is 3. The molecule has 0 bridgehead atoms. The van der Waals surface area contributed by atoms with Gasteiger partial charge in [-0.2, -0.15) is 0 Å². The van der Waals surface area contributed by atoms with Crippen LogP contribution in [0.3, 0.4) is 0 Å². The summed E-state index contributed by atoms with van der Waals surface area (Å²) in [7, 11) is 0. The van der Waals surface area contributed by atoms with Crippen molar-refractivity contribution in [3.63, 3.8) is 0 Å². The molecule has 4 heterocycles. The molecule has 42 heavy (non-hydrogen) atoms. The molecule has 4 rings (SSSR count). The molecule has 0 spiro atoms. The third-order valence-corrected chi connectivity index (χ3v) is 6.15. The number of esters is 1. The summed E-state index contributed by atoms with van der Waals surface area (Å²) in [4.78, 5) is 47.4. The van der Waals surface area contributed by atoms with Gasteiger partial charge in [0.1, 0.15) is 22.0 Å². The Morgan fingerprint density at radius 3 is 1.69 bits per heavy atom. The molecule has 2 amide bonds. The second-order valence-electron chi connectivity index (χ2n) is 11.6. The van der Waals surface area contributed by atoms with Gasteiger partial charge in [0.25, 0.3) is 0 Å². The van der Waals surface area contributed by atoms with Crippen LogP contribution in [0.2, 0.25) is 5.15 Å². The van der Waals surface area contributed by atoms with Crippen molar-refractivity contribution >= 4 is 29.8 Å². The van der Waals surface area contributed by atoms with E-state index in [1.165, 1.54) is 0 Å². The van der Waals surface area contributed by atoms with Crippen LogP contribution in [0, 0.1) is 0 Å². The van der Waals surface area contributed by atoms with E-state index in [-0.39, 0.29) is 32.7 Å². The topological polar surface area (TPSA) is 111 Å². The monoisotopic (exact) mass is 606 g/mol. The minimum Gasteiger partial charge on any atom is -0.461 e. The van der Waals surface area contributed by atoms with Crippen LogP contribution in [0.1, 0.15) is 96.1 Å². The van der Waals surface area contributed by atoms with Crippen molar-refractivity contribution in [3.8, 4) is 0 Å². The van der Waals surface area contributed by atoms with Crippen LogP contribution in [-0.4, -0.2) is 68.8 Å². The SMILES string of the molecule is C.C.CC(C)(C)OC(=O)N1CCc2cnc(Cl)cc2C1.CCOC(=O)c1cc2c(cn1)CCN(C(=O)OC(C)(C)C)C2. The Kier molecular flexibility index (Phi) is 13.2. The highest BCUT2D eigenvalue weighted by Crippen LogP contribution is 2.23. The lowest BCUT2D eigenvalue weighted by atomic mass is 10.0. The van der Waals surface area contributed by atoms with Gasteiger partial charge in [0, 0.05) is 38.6 Å². The first-order valence-corrected chi connectivity index (χ1v) is 13.8. The Morgan fingerprint density at radius 2 is 1.24 bits per heavy atom. The summed E-state index contributed by atoms with van der Waals surface area (Å²) in [6, 6.07) is 3.51. The number of rotatable bonds is 2. The first-order chi connectivity index (χ1) is 18.6. The zero-order valence-electron chi connectivity index (χ0n) is 24.4. The third-order valence-electron chi connectivity index (χ3n) is 5.94. The van der Waals surface area contributed by atoms with Gasteiger partial charge in [-0.05, 0) is 95.7 Å². The molecule has 0 N–H and O–H groups in total. The fraction of sp³-hybridized carbons (Fsp3) is 0.581. The summed E-state index contributed by atoms with van der Waals surface area (Å²) in [5.41, 5.74) is 3.44. The van der Waals surface area contributed by atoms with Crippen LogP contribution in [0.4, 0.5) is 9.59 Å². The molecule has 2 aromatic rings. The summed E-state index contributed by atoms with van der Waals surface area (Å²) in [6.45, 7) is 15.4. The standard InChI is InChI=1S/C16H22N2O4.C13H17ClN2O2.2CH4/c1-5-21-14(19)13-8-12-10-18(7-6-11(12)9-17-13)15(20)22-16(2,3)4;1-13(2,3)18-12(17)16-5-4-9-7-15-11(14)6-10(9)8-16;;/h8-9H,5-7,10H2,1-4H3;6-7H,4-5,8H2,1-3H3;2*1H4. The predicted molar refractivity (Wildman–Crippen MR) is 164 cm³/mol. The number of ether oxygens (including phenoxy) is 3. The second-order valence-corrected chi connectivity index (χ2v) is 12.0. The Balaban J connectivity index is 0.000000408.